The van der Waals surface area contributed by atoms with Gasteiger partial charge < -0.3 is 10.1 Å². The first-order valence-corrected chi connectivity index (χ1v) is 8.76. The molecule has 7 heteroatoms. The van der Waals surface area contributed by atoms with Gasteiger partial charge in [0.15, 0.2) is 0 Å². The fourth-order valence-electron chi connectivity index (χ4n) is 3.08. The molecule has 0 bridgehead atoms. The van der Waals surface area contributed by atoms with Crippen molar-refractivity contribution in [3.63, 3.8) is 0 Å². The Morgan fingerprint density at radius 2 is 2.32 bits per heavy atom. The second kappa shape index (κ2) is 6.75. The maximum absolute atomic E-state index is 11.7. The maximum Gasteiger partial charge on any atom is 0.275 e. The van der Waals surface area contributed by atoms with Gasteiger partial charge in [-0.25, -0.2) is 4.98 Å². The predicted octanol–water partition coefficient (Wildman–Crippen LogP) is 2.55. The molecule has 3 rings (SSSR count). The van der Waals surface area contributed by atoms with Crippen molar-refractivity contribution in [2.45, 2.75) is 51.7 Å². The van der Waals surface area contributed by atoms with E-state index in [0.717, 1.165) is 37.4 Å². The summed E-state index contributed by atoms with van der Waals surface area (Å²) >= 11 is 1.42. The summed E-state index contributed by atoms with van der Waals surface area (Å²) in [5.41, 5.74) is -0.142. The monoisotopic (exact) mass is 322 g/mol. The number of fused-ring (bicyclic) bond motifs is 1. The molecule has 1 saturated heterocycles. The van der Waals surface area contributed by atoms with Gasteiger partial charge in [0, 0.05) is 24.9 Å². The standard InChI is InChI=1S/C15H22N4O2S/c1-3-10(4-2)12-9-11(6-8-21-12)17-14-18-19-13(20)5-7-16-15(19)22-14/h5,7,10-12H,3-4,6,8-9H2,1-2H3,(H,17,18). The van der Waals surface area contributed by atoms with Crippen LogP contribution in [0.5, 0.6) is 0 Å². The molecule has 22 heavy (non-hydrogen) atoms. The van der Waals surface area contributed by atoms with Gasteiger partial charge >= 0.3 is 0 Å². The molecule has 2 aromatic rings. The Balaban J connectivity index is 1.71. The van der Waals surface area contributed by atoms with Crippen LogP contribution < -0.4 is 10.9 Å². The van der Waals surface area contributed by atoms with Gasteiger partial charge in [-0.2, -0.15) is 4.52 Å². The third kappa shape index (κ3) is 3.15. The van der Waals surface area contributed by atoms with Crippen LogP contribution in [0.15, 0.2) is 17.1 Å². The van der Waals surface area contributed by atoms with Crippen molar-refractivity contribution in [2.24, 2.45) is 5.92 Å². The van der Waals surface area contributed by atoms with Gasteiger partial charge in [-0.1, -0.05) is 38.0 Å². The Morgan fingerprint density at radius 3 is 3.05 bits per heavy atom. The first-order valence-electron chi connectivity index (χ1n) is 7.94. The van der Waals surface area contributed by atoms with E-state index in [0.29, 0.717) is 23.0 Å². The van der Waals surface area contributed by atoms with Crippen LogP contribution in [0.2, 0.25) is 0 Å². The van der Waals surface area contributed by atoms with Gasteiger partial charge in [-0.15, -0.1) is 5.10 Å². The quantitative estimate of drug-likeness (QED) is 0.916. The summed E-state index contributed by atoms with van der Waals surface area (Å²) in [6, 6.07) is 1.77. The Bertz CT molecular complexity index is 679. The molecule has 0 saturated carbocycles. The van der Waals surface area contributed by atoms with Crippen molar-refractivity contribution < 1.29 is 4.74 Å². The van der Waals surface area contributed by atoms with Crippen LogP contribution in [0.3, 0.4) is 0 Å². The molecule has 6 nitrogen and oxygen atoms in total. The van der Waals surface area contributed by atoms with Crippen LogP contribution >= 0.6 is 11.3 Å². The van der Waals surface area contributed by atoms with Crippen molar-refractivity contribution in [1.29, 1.82) is 0 Å². The van der Waals surface area contributed by atoms with E-state index in [9.17, 15) is 4.79 Å². The molecule has 2 atom stereocenters. The van der Waals surface area contributed by atoms with Crippen LogP contribution in [0.25, 0.3) is 4.96 Å². The van der Waals surface area contributed by atoms with E-state index in [1.165, 1.54) is 28.1 Å². The third-order valence-corrected chi connectivity index (χ3v) is 5.24. The minimum absolute atomic E-state index is 0.142. The molecule has 2 aromatic heterocycles. The van der Waals surface area contributed by atoms with E-state index in [1.54, 1.807) is 0 Å². The van der Waals surface area contributed by atoms with E-state index in [-0.39, 0.29) is 5.56 Å². The smallest absolute Gasteiger partial charge is 0.275 e. The average Bonchev–Trinajstić information content (AvgIpc) is 2.93. The molecule has 3 heterocycles. The Kier molecular flexibility index (Phi) is 4.73. The SMILES string of the molecule is CCC(CC)C1CC(Nc2nn3c(=O)ccnc3s2)CCO1. The molecule has 0 spiro atoms. The van der Waals surface area contributed by atoms with Crippen LogP contribution in [0.1, 0.15) is 39.5 Å². The van der Waals surface area contributed by atoms with Crippen LogP contribution in [0, 0.1) is 5.92 Å². The summed E-state index contributed by atoms with van der Waals surface area (Å²) < 4.78 is 7.30. The number of ether oxygens (including phenoxy) is 1. The van der Waals surface area contributed by atoms with Crippen LogP contribution in [-0.2, 0) is 4.74 Å². The number of hydrogen-bond donors (Lipinski definition) is 1. The van der Waals surface area contributed by atoms with Gasteiger partial charge in [0.1, 0.15) is 0 Å². The van der Waals surface area contributed by atoms with Crippen molar-refractivity contribution in [3.8, 4) is 0 Å². The molecule has 1 aliphatic rings. The van der Waals surface area contributed by atoms with Gasteiger partial charge in [0.05, 0.1) is 6.10 Å². The first-order chi connectivity index (χ1) is 10.7. The zero-order valence-electron chi connectivity index (χ0n) is 13.0. The van der Waals surface area contributed by atoms with E-state index in [2.05, 4.69) is 29.2 Å². The molecular weight excluding hydrogens is 300 g/mol. The number of nitrogens with one attached hydrogen (secondary N) is 1. The largest absolute Gasteiger partial charge is 0.378 e. The van der Waals surface area contributed by atoms with Crippen molar-refractivity contribution in [3.05, 3.63) is 22.6 Å². The van der Waals surface area contributed by atoms with E-state index in [1.807, 2.05) is 0 Å². The molecule has 0 aromatic carbocycles. The summed E-state index contributed by atoms with van der Waals surface area (Å²) in [4.78, 5) is 16.5. The second-order valence-electron chi connectivity index (χ2n) is 5.74. The Hall–Kier alpha value is -1.47. The third-order valence-electron chi connectivity index (χ3n) is 4.39. The number of nitrogens with zero attached hydrogens (tertiary/aromatic N) is 3. The van der Waals surface area contributed by atoms with Gasteiger partial charge in [-0.05, 0) is 18.8 Å². The highest BCUT2D eigenvalue weighted by molar-refractivity contribution is 7.20. The number of rotatable bonds is 5. The fourth-order valence-corrected chi connectivity index (χ4v) is 3.93. The van der Waals surface area contributed by atoms with E-state index < -0.39 is 0 Å². The predicted molar refractivity (Wildman–Crippen MR) is 87.6 cm³/mol. The minimum Gasteiger partial charge on any atom is -0.378 e. The normalized spacial score (nSPS) is 22.3. The summed E-state index contributed by atoms with van der Waals surface area (Å²) in [6.45, 7) is 5.22. The van der Waals surface area contributed by atoms with Gasteiger partial charge in [-0.3, -0.25) is 4.79 Å². The lowest BCUT2D eigenvalue weighted by Gasteiger charge is -2.34. The molecule has 0 amide bonds. The van der Waals surface area contributed by atoms with Gasteiger partial charge in [0.25, 0.3) is 5.56 Å². The summed E-state index contributed by atoms with van der Waals surface area (Å²) in [6.07, 6.45) is 6.09. The van der Waals surface area contributed by atoms with Gasteiger partial charge in [0.2, 0.25) is 10.1 Å². The van der Waals surface area contributed by atoms with E-state index in [4.69, 9.17) is 4.74 Å². The Labute approximate surface area is 133 Å². The molecule has 2 unspecified atom stereocenters. The lowest BCUT2D eigenvalue weighted by Crippen LogP contribution is -2.37. The van der Waals surface area contributed by atoms with E-state index >= 15 is 0 Å². The topological polar surface area (TPSA) is 68.5 Å². The molecule has 0 aliphatic carbocycles. The molecule has 0 radical (unpaired) electrons. The lowest BCUT2D eigenvalue weighted by atomic mass is 9.89. The maximum atomic E-state index is 11.7. The highest BCUT2D eigenvalue weighted by Gasteiger charge is 2.28. The van der Waals surface area contributed by atoms with Crippen LogP contribution in [-0.4, -0.2) is 33.4 Å². The summed E-state index contributed by atoms with van der Waals surface area (Å²) in [7, 11) is 0. The Morgan fingerprint density at radius 1 is 1.50 bits per heavy atom. The second-order valence-corrected chi connectivity index (χ2v) is 6.69. The molecule has 120 valence electrons. The first kappa shape index (κ1) is 15.4. The fraction of sp³-hybridized carbons (Fsp3) is 0.667. The number of anilines is 1. The highest BCUT2D eigenvalue weighted by atomic mass is 32.1. The summed E-state index contributed by atoms with van der Waals surface area (Å²) in [5.74, 6) is 0.615. The van der Waals surface area contributed by atoms with Crippen LogP contribution in [0.4, 0.5) is 5.13 Å². The molecule has 1 aliphatic heterocycles. The number of aromatic nitrogens is 3. The van der Waals surface area contributed by atoms with Crippen molar-refractivity contribution in [1.82, 2.24) is 14.6 Å². The molecule has 1 N–H and O–H groups in total. The minimum atomic E-state index is -0.142. The van der Waals surface area contributed by atoms with Crippen molar-refractivity contribution >= 4 is 21.4 Å². The van der Waals surface area contributed by atoms with Crippen molar-refractivity contribution in [2.75, 3.05) is 11.9 Å². The molecule has 1 fully saturated rings. The average molecular weight is 322 g/mol. The number of hydrogen-bond acceptors (Lipinski definition) is 6. The zero-order valence-corrected chi connectivity index (χ0v) is 13.8. The lowest BCUT2D eigenvalue weighted by molar-refractivity contribution is -0.0271. The highest BCUT2D eigenvalue weighted by Crippen LogP contribution is 2.27. The summed E-state index contributed by atoms with van der Waals surface area (Å²) in [5, 5.41) is 8.54. The zero-order chi connectivity index (χ0) is 15.5. The molecular formula is C15H22N4O2S.